The molecule has 0 aliphatic carbocycles. The molecule has 0 bridgehead atoms. The molecule has 0 unspecified atom stereocenters. The van der Waals surface area contributed by atoms with Crippen molar-refractivity contribution < 1.29 is 14.3 Å². The molecule has 0 heterocycles. The molecule has 0 saturated heterocycles. The van der Waals surface area contributed by atoms with Gasteiger partial charge in [0.15, 0.2) is 16.6 Å². The number of carbonyl (C=O) groups is 1. The second-order valence-corrected chi connectivity index (χ2v) is 6.74. The molecule has 2 aromatic carbocycles. The number of thiocarbonyl (C=S) groups is 1. The quantitative estimate of drug-likeness (QED) is 0.651. The lowest BCUT2D eigenvalue weighted by molar-refractivity contribution is 0.0977. The van der Waals surface area contributed by atoms with Gasteiger partial charge in [-0.25, -0.2) is 0 Å². The number of halogens is 3. The fraction of sp³-hybridized carbons (Fsp3) is 0.176. The maximum atomic E-state index is 12.1. The summed E-state index contributed by atoms with van der Waals surface area (Å²) in [4.78, 5) is 12.1. The van der Waals surface area contributed by atoms with E-state index in [9.17, 15) is 4.79 Å². The van der Waals surface area contributed by atoms with Crippen LogP contribution in [0.5, 0.6) is 11.5 Å². The predicted molar refractivity (Wildman–Crippen MR) is 108 cm³/mol. The molecule has 2 aromatic rings. The number of nitrogens with two attached hydrogens (primary N) is 1. The number of carbonyl (C=O) groups excluding carboxylic acids is 1. The summed E-state index contributed by atoms with van der Waals surface area (Å²) < 4.78 is 11.3. The highest BCUT2D eigenvalue weighted by molar-refractivity contribution is 7.80. The van der Waals surface area contributed by atoms with E-state index in [-0.39, 0.29) is 22.3 Å². The maximum absolute atomic E-state index is 12.1. The average Bonchev–Trinajstić information content (AvgIpc) is 2.56. The highest BCUT2D eigenvalue weighted by Crippen LogP contribution is 2.37. The van der Waals surface area contributed by atoms with Crippen LogP contribution in [0.2, 0.25) is 15.1 Å². The highest BCUT2D eigenvalue weighted by Gasteiger charge is 2.17. The molecular formula is C17H15Cl3N2O3S. The van der Waals surface area contributed by atoms with Gasteiger partial charge in [0.2, 0.25) is 0 Å². The highest BCUT2D eigenvalue weighted by atomic mass is 35.5. The molecule has 0 spiro atoms. The van der Waals surface area contributed by atoms with Crippen LogP contribution in [0, 0.1) is 0 Å². The van der Waals surface area contributed by atoms with Crippen molar-refractivity contribution in [1.82, 2.24) is 5.32 Å². The normalized spacial score (nSPS) is 10.3. The Hall–Kier alpha value is -1.73. The average molecular weight is 434 g/mol. The van der Waals surface area contributed by atoms with E-state index in [0.717, 1.165) is 5.56 Å². The zero-order chi connectivity index (χ0) is 19.3. The number of benzene rings is 2. The van der Waals surface area contributed by atoms with Crippen LogP contribution in [0.25, 0.3) is 0 Å². The van der Waals surface area contributed by atoms with Crippen molar-refractivity contribution in [2.75, 3.05) is 6.61 Å². The molecule has 5 nitrogen and oxygen atoms in total. The lowest BCUT2D eigenvalue weighted by Crippen LogP contribution is -2.34. The lowest BCUT2D eigenvalue weighted by Gasteiger charge is -2.15. The maximum Gasteiger partial charge on any atom is 0.257 e. The summed E-state index contributed by atoms with van der Waals surface area (Å²) in [7, 11) is 0. The molecule has 138 valence electrons. The van der Waals surface area contributed by atoms with Crippen molar-refractivity contribution in [2.45, 2.75) is 13.5 Å². The van der Waals surface area contributed by atoms with Gasteiger partial charge in [0.1, 0.15) is 6.61 Å². The van der Waals surface area contributed by atoms with E-state index in [4.69, 9.17) is 50.0 Å². The third kappa shape index (κ3) is 5.38. The van der Waals surface area contributed by atoms with Crippen LogP contribution in [0.4, 0.5) is 0 Å². The van der Waals surface area contributed by atoms with Crippen molar-refractivity contribution in [2.24, 2.45) is 5.73 Å². The van der Waals surface area contributed by atoms with Crippen molar-refractivity contribution in [3.63, 3.8) is 0 Å². The van der Waals surface area contributed by atoms with Crippen molar-refractivity contribution in [1.29, 1.82) is 0 Å². The van der Waals surface area contributed by atoms with Crippen LogP contribution in [0.3, 0.4) is 0 Å². The molecule has 0 aliphatic rings. The summed E-state index contributed by atoms with van der Waals surface area (Å²) in [6.45, 7) is 2.35. The Labute approximate surface area is 171 Å². The smallest absolute Gasteiger partial charge is 0.257 e. The standard InChI is InChI=1S/C17H15Cl3N2O3S/c1-2-24-14-7-10(16(23)22-17(21)26)6-13(20)15(14)25-8-9-3-4-11(18)12(19)5-9/h3-7H,2,8H2,1H3,(H3,21,22,23,26). The molecule has 0 fully saturated rings. The first-order valence-electron chi connectivity index (χ1n) is 7.45. The van der Waals surface area contributed by atoms with E-state index in [1.165, 1.54) is 12.1 Å². The molecule has 26 heavy (non-hydrogen) atoms. The minimum Gasteiger partial charge on any atom is -0.490 e. The fourth-order valence-electron chi connectivity index (χ4n) is 2.07. The van der Waals surface area contributed by atoms with Crippen LogP contribution < -0.4 is 20.5 Å². The Kier molecular flexibility index (Phi) is 7.34. The van der Waals surface area contributed by atoms with E-state index in [1.54, 1.807) is 25.1 Å². The van der Waals surface area contributed by atoms with Gasteiger partial charge in [-0.15, -0.1) is 0 Å². The molecule has 0 aliphatic heterocycles. The fourth-order valence-corrected chi connectivity index (χ4v) is 2.75. The van der Waals surface area contributed by atoms with Crippen LogP contribution in [-0.2, 0) is 6.61 Å². The number of rotatable bonds is 6. The molecule has 0 aromatic heterocycles. The largest absolute Gasteiger partial charge is 0.490 e. The second-order valence-electron chi connectivity index (χ2n) is 5.07. The molecule has 1 amide bonds. The van der Waals surface area contributed by atoms with Crippen LogP contribution in [0.1, 0.15) is 22.8 Å². The Morgan fingerprint density at radius 3 is 2.46 bits per heavy atom. The van der Waals surface area contributed by atoms with Crippen LogP contribution in [0.15, 0.2) is 30.3 Å². The van der Waals surface area contributed by atoms with E-state index >= 15 is 0 Å². The van der Waals surface area contributed by atoms with Gasteiger partial charge in [0.25, 0.3) is 5.91 Å². The molecule has 2 rings (SSSR count). The summed E-state index contributed by atoms with van der Waals surface area (Å²) in [6, 6.07) is 8.11. The Morgan fingerprint density at radius 2 is 1.85 bits per heavy atom. The Balaban J connectivity index is 2.27. The SMILES string of the molecule is CCOc1cc(C(=O)NC(N)=S)cc(Cl)c1OCc1ccc(Cl)c(Cl)c1. The van der Waals surface area contributed by atoms with Gasteiger partial charge in [-0.1, -0.05) is 40.9 Å². The zero-order valence-corrected chi connectivity index (χ0v) is 16.7. The zero-order valence-electron chi connectivity index (χ0n) is 13.6. The number of hydrogen-bond acceptors (Lipinski definition) is 4. The predicted octanol–water partition coefficient (Wildman–Crippen LogP) is 4.60. The lowest BCUT2D eigenvalue weighted by atomic mass is 10.2. The molecule has 0 radical (unpaired) electrons. The van der Waals surface area contributed by atoms with Gasteiger partial charge in [-0.3, -0.25) is 10.1 Å². The third-order valence-electron chi connectivity index (χ3n) is 3.18. The number of amides is 1. The summed E-state index contributed by atoms with van der Waals surface area (Å²) in [5.41, 5.74) is 6.36. The first-order chi connectivity index (χ1) is 12.3. The number of nitrogens with one attached hydrogen (secondary N) is 1. The molecule has 9 heteroatoms. The van der Waals surface area contributed by atoms with Gasteiger partial charge in [-0.05, 0) is 49.0 Å². The molecular weight excluding hydrogens is 419 g/mol. The van der Waals surface area contributed by atoms with Crippen molar-refractivity contribution in [3.05, 3.63) is 56.5 Å². The van der Waals surface area contributed by atoms with Gasteiger partial charge in [-0.2, -0.15) is 0 Å². The third-order valence-corrected chi connectivity index (χ3v) is 4.30. The molecule has 0 atom stereocenters. The summed E-state index contributed by atoms with van der Waals surface area (Å²) in [5, 5.41) is 3.29. The minimum atomic E-state index is -0.489. The van der Waals surface area contributed by atoms with E-state index < -0.39 is 5.91 Å². The van der Waals surface area contributed by atoms with Crippen LogP contribution in [-0.4, -0.2) is 17.6 Å². The van der Waals surface area contributed by atoms with Gasteiger partial charge in [0.05, 0.1) is 21.7 Å². The van der Waals surface area contributed by atoms with Gasteiger partial charge in [0, 0.05) is 5.56 Å². The number of hydrogen-bond donors (Lipinski definition) is 2. The first-order valence-corrected chi connectivity index (χ1v) is 9.00. The van der Waals surface area contributed by atoms with E-state index in [0.29, 0.717) is 28.2 Å². The monoisotopic (exact) mass is 432 g/mol. The summed E-state index contributed by atoms with van der Waals surface area (Å²) >= 11 is 22.8. The van der Waals surface area contributed by atoms with Gasteiger partial charge >= 0.3 is 0 Å². The molecule has 0 saturated carbocycles. The van der Waals surface area contributed by atoms with Gasteiger partial charge < -0.3 is 15.2 Å². The molecule has 3 N–H and O–H groups in total. The Bertz CT molecular complexity index is 846. The summed E-state index contributed by atoms with van der Waals surface area (Å²) in [5.74, 6) is 0.149. The van der Waals surface area contributed by atoms with E-state index in [2.05, 4.69) is 17.5 Å². The number of ether oxygens (including phenoxy) is 2. The van der Waals surface area contributed by atoms with Crippen molar-refractivity contribution >= 4 is 58.0 Å². The first kappa shape index (κ1) is 20.6. The van der Waals surface area contributed by atoms with Crippen LogP contribution >= 0.6 is 47.0 Å². The second kappa shape index (κ2) is 9.28. The minimum absolute atomic E-state index is 0.135. The van der Waals surface area contributed by atoms with E-state index in [1.807, 2.05) is 0 Å². The van der Waals surface area contributed by atoms with Crippen molar-refractivity contribution in [3.8, 4) is 11.5 Å². The topological polar surface area (TPSA) is 73.6 Å². The Morgan fingerprint density at radius 1 is 1.12 bits per heavy atom. The summed E-state index contributed by atoms with van der Waals surface area (Å²) in [6.07, 6.45) is 0.